The van der Waals surface area contributed by atoms with E-state index in [0.717, 1.165) is 6.07 Å². The molecule has 0 bridgehead atoms. The van der Waals surface area contributed by atoms with Crippen LogP contribution in [0, 0.1) is 11.6 Å². The van der Waals surface area contributed by atoms with Crippen LogP contribution >= 0.6 is 0 Å². The second-order valence-corrected chi connectivity index (χ2v) is 7.24. The highest BCUT2D eigenvalue weighted by Crippen LogP contribution is 2.38. The van der Waals surface area contributed by atoms with Crippen molar-refractivity contribution in [2.75, 3.05) is 25.6 Å². The Morgan fingerprint density at radius 3 is 2.74 bits per heavy atom. The first-order valence-corrected chi connectivity index (χ1v) is 9.63. The summed E-state index contributed by atoms with van der Waals surface area (Å²) in [6, 6.07) is 7.09. The van der Waals surface area contributed by atoms with Crippen LogP contribution in [0.2, 0.25) is 0 Å². The fourth-order valence-corrected chi connectivity index (χ4v) is 3.82. The molecule has 0 amide bonds. The summed E-state index contributed by atoms with van der Waals surface area (Å²) in [5.74, 6) is -0.985. The van der Waals surface area contributed by atoms with Gasteiger partial charge >= 0.3 is 0 Å². The van der Waals surface area contributed by atoms with Gasteiger partial charge in [0.25, 0.3) is 0 Å². The van der Waals surface area contributed by atoms with E-state index >= 15 is 0 Å². The Labute approximate surface area is 175 Å². The Balaban J connectivity index is 1.47. The number of alkyl halides is 1. The molecule has 2 aliphatic heterocycles. The normalized spacial score (nSPS) is 24.9. The number of nitrogens with one attached hydrogen (secondary N) is 1. The summed E-state index contributed by atoms with van der Waals surface area (Å²) in [6.45, 7) is 0.162. The van der Waals surface area contributed by atoms with Gasteiger partial charge in [-0.15, -0.1) is 0 Å². The largest absolute Gasteiger partial charge is 0.493 e. The van der Waals surface area contributed by atoms with Crippen LogP contribution in [0.5, 0.6) is 11.5 Å². The lowest BCUT2D eigenvalue weighted by atomic mass is 10.1. The van der Waals surface area contributed by atoms with Crippen molar-refractivity contribution in [1.82, 2.24) is 9.97 Å². The predicted octanol–water partition coefficient (Wildman–Crippen LogP) is 3.54. The van der Waals surface area contributed by atoms with Gasteiger partial charge in [-0.2, -0.15) is 0 Å². The molecule has 1 aromatic heterocycles. The number of halogens is 3. The van der Waals surface area contributed by atoms with Crippen LogP contribution in [0.4, 0.5) is 24.7 Å². The molecule has 31 heavy (non-hydrogen) atoms. The van der Waals surface area contributed by atoms with Gasteiger partial charge in [-0.05, 0) is 18.2 Å². The fourth-order valence-electron chi connectivity index (χ4n) is 3.82. The number of hydrogen-bond donors (Lipinski definition) is 1. The Bertz CT molecular complexity index is 1130. The average molecular weight is 433 g/mol. The van der Waals surface area contributed by atoms with E-state index in [1.165, 1.54) is 25.6 Å². The molecule has 3 aromatic rings. The Kier molecular flexibility index (Phi) is 5.03. The third kappa shape index (κ3) is 3.51. The van der Waals surface area contributed by atoms with Crippen molar-refractivity contribution in [3.05, 3.63) is 48.3 Å². The highest BCUT2D eigenvalue weighted by Gasteiger charge is 2.49. The van der Waals surface area contributed by atoms with Crippen LogP contribution < -0.4 is 14.8 Å². The molecule has 2 unspecified atom stereocenters. The minimum Gasteiger partial charge on any atom is -0.493 e. The van der Waals surface area contributed by atoms with Gasteiger partial charge < -0.3 is 24.3 Å². The number of nitrogens with zero attached hydrogens (tertiary/aromatic N) is 2. The fraction of sp³-hybridized carbons (Fsp3) is 0.333. The molecule has 0 aliphatic carbocycles. The zero-order valence-corrected chi connectivity index (χ0v) is 16.3. The van der Waals surface area contributed by atoms with E-state index in [9.17, 15) is 13.2 Å². The summed E-state index contributed by atoms with van der Waals surface area (Å²) in [5.41, 5.74) is 0.420. The van der Waals surface area contributed by atoms with Crippen molar-refractivity contribution < 1.29 is 32.1 Å². The Morgan fingerprint density at radius 1 is 1.06 bits per heavy atom. The summed E-state index contributed by atoms with van der Waals surface area (Å²) in [7, 11) is 1.47. The van der Waals surface area contributed by atoms with E-state index in [1.807, 2.05) is 0 Å². The quantitative estimate of drug-likeness (QED) is 0.660. The van der Waals surface area contributed by atoms with E-state index in [0.29, 0.717) is 22.4 Å². The van der Waals surface area contributed by atoms with Crippen LogP contribution in [-0.2, 0) is 9.47 Å². The van der Waals surface area contributed by atoms with Crippen LogP contribution in [0.3, 0.4) is 0 Å². The van der Waals surface area contributed by atoms with Crippen LogP contribution in [0.1, 0.15) is 0 Å². The van der Waals surface area contributed by atoms with Crippen molar-refractivity contribution in [3.8, 4) is 11.5 Å². The number of anilines is 2. The van der Waals surface area contributed by atoms with Gasteiger partial charge in [0.1, 0.15) is 24.4 Å². The lowest BCUT2D eigenvalue weighted by molar-refractivity contribution is 0.0271. The smallest absolute Gasteiger partial charge is 0.182 e. The second kappa shape index (κ2) is 7.86. The second-order valence-electron chi connectivity index (χ2n) is 7.24. The summed E-state index contributed by atoms with van der Waals surface area (Å²) < 4.78 is 63.9. The maximum absolute atomic E-state index is 14.1. The molecule has 0 saturated carbocycles. The van der Waals surface area contributed by atoms with Crippen molar-refractivity contribution in [1.29, 1.82) is 0 Å². The Morgan fingerprint density at radius 2 is 1.90 bits per heavy atom. The van der Waals surface area contributed by atoms with Gasteiger partial charge in [-0.1, -0.05) is 6.07 Å². The molecule has 2 aromatic carbocycles. The highest BCUT2D eigenvalue weighted by atomic mass is 19.2. The third-order valence-corrected chi connectivity index (χ3v) is 5.35. The first-order chi connectivity index (χ1) is 15.0. The standard InChI is InChI=1S/C21H18F3N3O4/c1-28-15-5-10-14(6-16(15)31-17-8-30-19-12(23)7-29-20(17)19)25-9-26-21(10)27-13-4-2-3-11(22)18(13)24/h2-6,9,12,17,19-20H,7-8H2,1H3,(H,25,26,27)/t12?,17?,19-,20-/m0/s1. The highest BCUT2D eigenvalue weighted by molar-refractivity contribution is 5.93. The minimum absolute atomic E-state index is 0.0249. The third-order valence-electron chi connectivity index (χ3n) is 5.35. The van der Waals surface area contributed by atoms with Crippen LogP contribution in [0.25, 0.3) is 10.9 Å². The van der Waals surface area contributed by atoms with E-state index < -0.39 is 36.1 Å². The number of aromatic nitrogens is 2. The van der Waals surface area contributed by atoms with Crippen molar-refractivity contribution >= 4 is 22.4 Å². The molecule has 5 rings (SSSR count). The molecule has 7 nitrogen and oxygen atoms in total. The van der Waals surface area contributed by atoms with Gasteiger partial charge in [-0.25, -0.2) is 23.1 Å². The molecule has 0 spiro atoms. The molecular formula is C21H18F3N3O4. The lowest BCUT2D eigenvalue weighted by Gasteiger charge is -2.20. The van der Waals surface area contributed by atoms with E-state index in [4.69, 9.17) is 18.9 Å². The summed E-state index contributed by atoms with van der Waals surface area (Å²) in [6.07, 6.45) is -1.54. The van der Waals surface area contributed by atoms with Crippen LogP contribution in [-0.4, -0.2) is 54.8 Å². The average Bonchev–Trinajstić information content (AvgIpc) is 3.34. The van der Waals surface area contributed by atoms with E-state index in [-0.39, 0.29) is 24.7 Å². The molecule has 0 radical (unpaired) electrons. The first kappa shape index (κ1) is 19.8. The number of hydrogen-bond acceptors (Lipinski definition) is 7. The Hall–Kier alpha value is -3.11. The molecular weight excluding hydrogens is 415 g/mol. The first-order valence-electron chi connectivity index (χ1n) is 9.63. The van der Waals surface area contributed by atoms with Crippen molar-refractivity contribution in [2.45, 2.75) is 24.5 Å². The van der Waals surface area contributed by atoms with Crippen molar-refractivity contribution in [2.24, 2.45) is 0 Å². The SMILES string of the molecule is COc1cc2c(Nc3cccc(F)c3F)ncnc2cc1OC1CO[C@H]2C(F)CO[C@@H]12. The molecule has 10 heteroatoms. The topological polar surface area (TPSA) is 74.7 Å². The molecule has 2 aliphatic rings. The zero-order valence-electron chi connectivity index (χ0n) is 16.3. The van der Waals surface area contributed by atoms with Gasteiger partial charge in [0, 0.05) is 11.5 Å². The van der Waals surface area contributed by atoms with E-state index in [2.05, 4.69) is 15.3 Å². The summed E-state index contributed by atoms with van der Waals surface area (Å²) >= 11 is 0. The summed E-state index contributed by atoms with van der Waals surface area (Å²) in [4.78, 5) is 8.38. The molecule has 3 heterocycles. The molecule has 162 valence electrons. The van der Waals surface area contributed by atoms with Crippen LogP contribution in [0.15, 0.2) is 36.7 Å². The maximum Gasteiger partial charge on any atom is 0.182 e. The number of methoxy groups -OCH3 is 1. The molecule has 2 saturated heterocycles. The zero-order chi connectivity index (χ0) is 21.5. The maximum atomic E-state index is 14.1. The monoisotopic (exact) mass is 433 g/mol. The predicted molar refractivity (Wildman–Crippen MR) is 105 cm³/mol. The lowest BCUT2D eigenvalue weighted by Crippen LogP contribution is -2.33. The summed E-state index contributed by atoms with van der Waals surface area (Å²) in [5, 5.41) is 3.30. The molecule has 1 N–H and O–H groups in total. The van der Waals surface area contributed by atoms with E-state index in [1.54, 1.807) is 12.1 Å². The molecule has 4 atom stereocenters. The molecule has 2 fully saturated rings. The number of ether oxygens (including phenoxy) is 4. The number of fused-ring (bicyclic) bond motifs is 2. The van der Waals surface area contributed by atoms with Gasteiger partial charge in [-0.3, -0.25) is 0 Å². The number of benzene rings is 2. The number of rotatable bonds is 5. The van der Waals surface area contributed by atoms with Gasteiger partial charge in [0.05, 0.1) is 31.5 Å². The van der Waals surface area contributed by atoms with Crippen molar-refractivity contribution in [3.63, 3.8) is 0 Å². The van der Waals surface area contributed by atoms with Gasteiger partial charge in [0.2, 0.25) is 0 Å². The minimum atomic E-state index is -1.18. The van der Waals surface area contributed by atoms with Gasteiger partial charge in [0.15, 0.2) is 35.4 Å².